The molecule has 0 radical (unpaired) electrons. The van der Waals surface area contributed by atoms with Crippen LogP contribution >= 0.6 is 15.9 Å². The Morgan fingerprint density at radius 3 is 2.89 bits per heavy atom. The lowest BCUT2D eigenvalue weighted by Gasteiger charge is -2.11. The van der Waals surface area contributed by atoms with Crippen LogP contribution in [0.25, 0.3) is 0 Å². The number of likely N-dealkylation sites (tertiary alicyclic amines) is 1. The van der Waals surface area contributed by atoms with E-state index in [4.69, 9.17) is 9.52 Å². The lowest BCUT2D eigenvalue weighted by molar-refractivity contribution is 0.245. The number of aliphatic hydroxyl groups is 1. The topological polar surface area (TPSA) is 82.8 Å². The number of furan rings is 1. The highest BCUT2D eigenvalue weighted by Gasteiger charge is 2.25. The molecule has 2 N–H and O–H groups in total. The minimum absolute atomic E-state index is 0.0305. The third kappa shape index (κ3) is 3.57. The van der Waals surface area contributed by atoms with E-state index in [9.17, 15) is 8.42 Å². The molecule has 2 heterocycles. The van der Waals surface area contributed by atoms with Crippen LogP contribution in [0.1, 0.15) is 12.2 Å². The molecule has 0 amide bonds. The zero-order chi connectivity index (χ0) is 14.0. The molecule has 0 spiro atoms. The largest absolute Gasteiger partial charge is 0.450 e. The second-order valence-electron chi connectivity index (χ2n) is 4.78. The third-order valence-corrected chi connectivity index (χ3v) is 5.48. The number of hydrogen-bond acceptors (Lipinski definition) is 5. The molecule has 0 bridgehead atoms. The van der Waals surface area contributed by atoms with Gasteiger partial charge in [0, 0.05) is 19.2 Å². The van der Waals surface area contributed by atoms with Gasteiger partial charge in [-0.05, 0) is 41.9 Å². The first-order chi connectivity index (χ1) is 8.92. The maximum Gasteiger partial charge on any atom is 0.244 e. The summed E-state index contributed by atoms with van der Waals surface area (Å²) in [5.41, 5.74) is 0. The number of rotatable bonds is 5. The fourth-order valence-corrected chi connectivity index (χ4v) is 4.27. The van der Waals surface area contributed by atoms with Gasteiger partial charge in [-0.25, -0.2) is 13.1 Å². The molecule has 8 heteroatoms. The van der Waals surface area contributed by atoms with Gasteiger partial charge in [-0.15, -0.1) is 0 Å². The van der Waals surface area contributed by atoms with Crippen molar-refractivity contribution in [1.29, 1.82) is 0 Å². The van der Waals surface area contributed by atoms with Crippen molar-refractivity contribution in [3.8, 4) is 0 Å². The van der Waals surface area contributed by atoms with E-state index in [1.165, 1.54) is 6.07 Å². The minimum Gasteiger partial charge on any atom is -0.450 e. The summed E-state index contributed by atoms with van der Waals surface area (Å²) in [7, 11) is -1.58. The fraction of sp³-hybridized carbons (Fsp3) is 0.636. The van der Waals surface area contributed by atoms with Gasteiger partial charge in [0.2, 0.25) is 10.0 Å². The average Bonchev–Trinajstić information content (AvgIpc) is 2.93. The van der Waals surface area contributed by atoms with E-state index >= 15 is 0 Å². The Balaban J connectivity index is 2.03. The van der Waals surface area contributed by atoms with E-state index < -0.39 is 10.0 Å². The quantitative estimate of drug-likeness (QED) is 0.817. The summed E-state index contributed by atoms with van der Waals surface area (Å²) >= 11 is 3.05. The lowest BCUT2D eigenvalue weighted by Crippen LogP contribution is -2.30. The second-order valence-corrected chi connectivity index (χ2v) is 7.23. The molecule has 0 aliphatic carbocycles. The van der Waals surface area contributed by atoms with Crippen molar-refractivity contribution >= 4 is 26.0 Å². The number of sulfonamides is 1. The van der Waals surface area contributed by atoms with Gasteiger partial charge in [0.15, 0.2) is 4.67 Å². The van der Waals surface area contributed by atoms with Gasteiger partial charge in [-0.2, -0.15) is 0 Å². The van der Waals surface area contributed by atoms with Crippen LogP contribution in [0.5, 0.6) is 0 Å². The number of nitrogens with zero attached hydrogens (tertiary/aromatic N) is 1. The highest BCUT2D eigenvalue weighted by Crippen LogP contribution is 2.26. The summed E-state index contributed by atoms with van der Waals surface area (Å²) in [6.07, 6.45) is 0.994. The summed E-state index contributed by atoms with van der Waals surface area (Å²) in [5.74, 6) is 0.551. The maximum atomic E-state index is 12.1. The molecule has 19 heavy (non-hydrogen) atoms. The van der Waals surface area contributed by atoms with Crippen molar-refractivity contribution < 1.29 is 17.9 Å². The Labute approximate surface area is 121 Å². The van der Waals surface area contributed by atoms with Crippen LogP contribution in [0.3, 0.4) is 0 Å². The molecule has 1 unspecified atom stereocenters. The summed E-state index contributed by atoms with van der Waals surface area (Å²) < 4.78 is 32.0. The van der Waals surface area contributed by atoms with Crippen LogP contribution in [0, 0.1) is 5.92 Å². The van der Waals surface area contributed by atoms with E-state index in [0.29, 0.717) is 12.5 Å². The summed E-state index contributed by atoms with van der Waals surface area (Å²) in [6, 6.07) is 1.33. The van der Waals surface area contributed by atoms with E-state index in [0.717, 1.165) is 19.5 Å². The van der Waals surface area contributed by atoms with Gasteiger partial charge in [-0.1, -0.05) is 0 Å². The summed E-state index contributed by atoms with van der Waals surface area (Å²) in [6.45, 7) is 1.98. The van der Waals surface area contributed by atoms with Crippen LogP contribution in [-0.4, -0.2) is 45.1 Å². The second kappa shape index (κ2) is 5.92. The molecule has 1 fully saturated rings. The predicted octanol–water partition coefficient (Wildman–Crippen LogP) is 0.764. The van der Waals surface area contributed by atoms with Crippen molar-refractivity contribution in [2.24, 2.45) is 5.92 Å². The van der Waals surface area contributed by atoms with Gasteiger partial charge in [0.05, 0.1) is 0 Å². The molecule has 1 aromatic rings. The molecule has 1 atom stereocenters. The molecule has 0 aromatic carbocycles. The van der Waals surface area contributed by atoms with Crippen LogP contribution in [0.15, 0.2) is 20.0 Å². The van der Waals surface area contributed by atoms with Gasteiger partial charge in [0.25, 0.3) is 0 Å². The van der Waals surface area contributed by atoms with E-state index in [-0.39, 0.29) is 21.9 Å². The Kier molecular flexibility index (Phi) is 4.67. The van der Waals surface area contributed by atoms with E-state index in [1.54, 1.807) is 0 Å². The molecule has 0 saturated carbocycles. The lowest BCUT2D eigenvalue weighted by atomic mass is 10.1. The summed E-state index contributed by atoms with van der Waals surface area (Å²) in [5, 5.41) is 8.94. The molecule has 108 valence electrons. The van der Waals surface area contributed by atoms with Gasteiger partial charge in [-0.3, -0.25) is 0 Å². The number of nitrogens with one attached hydrogen (secondary N) is 1. The first-order valence-electron chi connectivity index (χ1n) is 5.99. The van der Waals surface area contributed by atoms with Crippen LogP contribution in [0.2, 0.25) is 0 Å². The minimum atomic E-state index is -3.61. The van der Waals surface area contributed by atoms with Crippen molar-refractivity contribution in [1.82, 2.24) is 9.62 Å². The molecular formula is C11H17BrN2O4S. The van der Waals surface area contributed by atoms with Crippen molar-refractivity contribution in [2.45, 2.75) is 17.9 Å². The summed E-state index contributed by atoms with van der Waals surface area (Å²) in [4.78, 5) is 2.21. The molecule has 1 saturated heterocycles. The van der Waals surface area contributed by atoms with Crippen LogP contribution in [-0.2, 0) is 16.6 Å². The predicted molar refractivity (Wildman–Crippen MR) is 73.1 cm³/mol. The zero-order valence-corrected chi connectivity index (χ0v) is 13.0. The first kappa shape index (κ1) is 15.0. The number of halogens is 1. The monoisotopic (exact) mass is 352 g/mol. The molecule has 6 nitrogen and oxygen atoms in total. The Hall–Kier alpha value is -0.410. The third-order valence-electron chi connectivity index (χ3n) is 3.20. The molecule has 1 aliphatic rings. The molecule has 1 aromatic heterocycles. The highest BCUT2D eigenvalue weighted by atomic mass is 79.9. The van der Waals surface area contributed by atoms with Gasteiger partial charge >= 0.3 is 0 Å². The average molecular weight is 353 g/mol. The van der Waals surface area contributed by atoms with Crippen molar-refractivity contribution in [2.75, 3.05) is 26.7 Å². The standard InChI is InChI=1S/C11H17BrN2O4S/c1-14-3-2-8(6-14)5-13-19(16,17)10-4-9(7-15)18-11(10)12/h4,8,13,15H,2-3,5-7H2,1H3. The van der Waals surface area contributed by atoms with Crippen molar-refractivity contribution in [3.63, 3.8) is 0 Å². The van der Waals surface area contributed by atoms with Gasteiger partial charge < -0.3 is 14.4 Å². The van der Waals surface area contributed by atoms with Crippen molar-refractivity contribution in [3.05, 3.63) is 16.5 Å². The molecular weight excluding hydrogens is 336 g/mol. The maximum absolute atomic E-state index is 12.1. The first-order valence-corrected chi connectivity index (χ1v) is 8.27. The smallest absolute Gasteiger partial charge is 0.244 e. The number of hydrogen-bond donors (Lipinski definition) is 2. The van der Waals surface area contributed by atoms with Gasteiger partial charge in [0.1, 0.15) is 17.3 Å². The SMILES string of the molecule is CN1CCC(CNS(=O)(=O)c2cc(CO)oc2Br)C1. The Morgan fingerprint density at radius 2 is 2.37 bits per heavy atom. The van der Waals surface area contributed by atoms with Crippen LogP contribution in [0.4, 0.5) is 0 Å². The number of aliphatic hydroxyl groups excluding tert-OH is 1. The molecule has 2 rings (SSSR count). The molecule has 1 aliphatic heterocycles. The fourth-order valence-electron chi connectivity index (χ4n) is 2.16. The van der Waals surface area contributed by atoms with E-state index in [1.807, 2.05) is 7.05 Å². The normalized spacial score (nSPS) is 21.1. The zero-order valence-electron chi connectivity index (χ0n) is 10.6. The Bertz CT molecular complexity index is 543. The Morgan fingerprint density at radius 1 is 1.63 bits per heavy atom. The van der Waals surface area contributed by atoms with E-state index in [2.05, 4.69) is 25.6 Å². The highest BCUT2D eigenvalue weighted by molar-refractivity contribution is 9.10. The van der Waals surface area contributed by atoms with Crippen LogP contribution < -0.4 is 4.72 Å².